The van der Waals surface area contributed by atoms with Gasteiger partial charge in [-0.15, -0.1) is 0 Å². The Morgan fingerprint density at radius 1 is 0.760 bits per heavy atom. The van der Waals surface area contributed by atoms with Crippen LogP contribution in [0.4, 0.5) is 0 Å². The number of nitrogens with two attached hydrogens (primary N) is 1. The molecule has 278 valence electrons. The standard InChI is InChI=1S/C39H57NO10/c1-18-11-23-5-7-28-19(2)12-25(43-28)9-10-39-16-32-35(49-39)36-37(48-32)38(50-39)34-29(46-36)8-6-24(45-34)13-22(41)14-26-21(4)33(27(42)17-40)47-31(26)15-30(44-23)20(18)3/h18,21,23-38,42H,2-3,5-17,40H2,1,4H3/t18-,21-,23+,24?,25+,26-,27?,28?,29+,30?,31+,32+,33?,34+,35+,36+,37-,38+,39+/m1/s1. The third kappa shape index (κ3) is 6.00. The summed E-state index contributed by atoms with van der Waals surface area (Å²) in [4.78, 5) is 13.9. The molecule has 19 atom stereocenters. The molecule has 10 heterocycles. The quantitative estimate of drug-likeness (QED) is 0.409. The fraction of sp³-hybridized carbons (Fsp3) is 0.872. The highest BCUT2D eigenvalue weighted by atomic mass is 16.8. The molecule has 0 aliphatic carbocycles. The number of carbonyl (C=O) groups is 1. The molecule has 10 aliphatic rings. The van der Waals surface area contributed by atoms with Crippen LogP contribution in [0.2, 0.25) is 0 Å². The van der Waals surface area contributed by atoms with Crippen molar-refractivity contribution in [1.82, 2.24) is 0 Å². The van der Waals surface area contributed by atoms with Crippen molar-refractivity contribution in [3.8, 4) is 0 Å². The zero-order valence-corrected chi connectivity index (χ0v) is 29.7. The highest BCUT2D eigenvalue weighted by molar-refractivity contribution is 5.79. The molecule has 11 nitrogen and oxygen atoms in total. The zero-order valence-electron chi connectivity index (χ0n) is 29.7. The van der Waals surface area contributed by atoms with E-state index in [1.807, 2.05) is 0 Å². The van der Waals surface area contributed by atoms with Crippen LogP contribution < -0.4 is 5.73 Å². The van der Waals surface area contributed by atoms with Gasteiger partial charge < -0.3 is 48.7 Å². The highest BCUT2D eigenvalue weighted by Crippen LogP contribution is 2.54. The average molecular weight is 700 g/mol. The normalized spacial score (nSPS) is 54.0. The summed E-state index contributed by atoms with van der Waals surface area (Å²) in [6.45, 7) is 13.3. The van der Waals surface area contributed by atoms with E-state index in [9.17, 15) is 9.90 Å². The first-order valence-electron chi connectivity index (χ1n) is 19.6. The SMILES string of the molecule is C=C1C[C@@H]2CC[C@@]34C[C@@H]5O[C@@H]6[C@@H](O[C@H]7CCC(CC(=O)C[C@H]8[C@H](CC9O[C@@H](CCC1O2)C[C@@H](C)C9=C)OC(C(O)CN)[C@@H]8C)O[C@@H]7[C@@H]6O3)[C@H]5O4. The van der Waals surface area contributed by atoms with E-state index in [4.69, 9.17) is 43.6 Å². The van der Waals surface area contributed by atoms with Crippen molar-refractivity contribution in [3.63, 3.8) is 0 Å². The van der Waals surface area contributed by atoms with E-state index in [-0.39, 0.29) is 104 Å². The lowest BCUT2D eigenvalue weighted by Gasteiger charge is -2.47. The van der Waals surface area contributed by atoms with Gasteiger partial charge in [0.05, 0.1) is 61.0 Å². The van der Waals surface area contributed by atoms with Gasteiger partial charge in [0.25, 0.3) is 0 Å². The molecule has 0 saturated carbocycles. The number of ether oxygens (including phenoxy) is 8. The first-order valence-corrected chi connectivity index (χ1v) is 19.6. The molecule has 10 rings (SSSR count). The lowest BCUT2D eigenvalue weighted by Crippen LogP contribution is -2.61. The van der Waals surface area contributed by atoms with Gasteiger partial charge in [0.1, 0.15) is 36.3 Å². The molecule has 12 bridgehead atoms. The van der Waals surface area contributed by atoms with Crippen LogP contribution in [0.15, 0.2) is 24.3 Å². The number of hydrogen-bond donors (Lipinski definition) is 2. The van der Waals surface area contributed by atoms with Crippen LogP contribution in [-0.4, -0.2) is 115 Å². The Labute approximate surface area is 295 Å². The molecule has 0 aromatic carbocycles. The van der Waals surface area contributed by atoms with Gasteiger partial charge in [0, 0.05) is 38.6 Å². The lowest BCUT2D eigenvalue weighted by molar-refractivity contribution is -0.292. The average Bonchev–Trinajstić information content (AvgIpc) is 3.76. The van der Waals surface area contributed by atoms with Gasteiger partial charge in [-0.05, 0) is 73.8 Å². The van der Waals surface area contributed by atoms with Crippen molar-refractivity contribution >= 4 is 5.78 Å². The molecule has 0 aromatic rings. The fourth-order valence-corrected chi connectivity index (χ4v) is 11.2. The van der Waals surface area contributed by atoms with E-state index in [0.717, 1.165) is 56.1 Å². The summed E-state index contributed by atoms with van der Waals surface area (Å²) in [5.74, 6) is -0.460. The Hall–Kier alpha value is -1.25. The predicted octanol–water partition coefficient (Wildman–Crippen LogP) is 3.67. The predicted molar refractivity (Wildman–Crippen MR) is 180 cm³/mol. The number of hydrogen-bond acceptors (Lipinski definition) is 11. The first-order chi connectivity index (χ1) is 24.1. The van der Waals surface area contributed by atoms with E-state index < -0.39 is 18.0 Å². The molecule has 5 unspecified atom stereocenters. The number of ketones is 1. The smallest absolute Gasteiger partial charge is 0.172 e. The van der Waals surface area contributed by atoms with Crippen molar-refractivity contribution < 1.29 is 47.8 Å². The molecule has 1 spiro atoms. The number of rotatable bonds is 2. The van der Waals surface area contributed by atoms with Crippen LogP contribution in [0.25, 0.3) is 0 Å². The van der Waals surface area contributed by atoms with Gasteiger partial charge in [-0.2, -0.15) is 0 Å². The minimum Gasteiger partial charge on any atom is -0.389 e. The van der Waals surface area contributed by atoms with E-state index in [0.29, 0.717) is 38.0 Å². The Bertz CT molecular complexity index is 1340. The highest BCUT2D eigenvalue weighted by Gasteiger charge is 2.68. The summed E-state index contributed by atoms with van der Waals surface area (Å²) in [5.41, 5.74) is 8.13. The van der Waals surface area contributed by atoms with Gasteiger partial charge in [-0.1, -0.05) is 27.0 Å². The molecule has 10 aliphatic heterocycles. The Balaban J connectivity index is 0.992. The molecule has 10 fully saturated rings. The summed E-state index contributed by atoms with van der Waals surface area (Å²) in [7, 11) is 0. The summed E-state index contributed by atoms with van der Waals surface area (Å²) in [5, 5.41) is 10.8. The van der Waals surface area contributed by atoms with Crippen molar-refractivity contribution in [2.45, 2.75) is 188 Å². The van der Waals surface area contributed by atoms with Gasteiger partial charge in [0.2, 0.25) is 0 Å². The molecule has 10 saturated heterocycles. The minimum atomic E-state index is -0.801. The van der Waals surface area contributed by atoms with Crippen molar-refractivity contribution in [3.05, 3.63) is 24.3 Å². The second-order valence-corrected chi connectivity index (χ2v) is 17.2. The Morgan fingerprint density at radius 2 is 1.50 bits per heavy atom. The fourth-order valence-electron chi connectivity index (χ4n) is 11.2. The van der Waals surface area contributed by atoms with E-state index in [1.54, 1.807) is 0 Å². The van der Waals surface area contributed by atoms with E-state index >= 15 is 0 Å². The number of aliphatic hydroxyl groups excluding tert-OH is 1. The third-order valence-electron chi connectivity index (χ3n) is 13.9. The Kier molecular flexibility index (Phi) is 9.15. The minimum absolute atomic E-state index is 0.00450. The van der Waals surface area contributed by atoms with Crippen LogP contribution in [0.5, 0.6) is 0 Å². The van der Waals surface area contributed by atoms with Crippen molar-refractivity contribution in [2.75, 3.05) is 6.54 Å². The molecule has 3 N–H and O–H groups in total. The second-order valence-electron chi connectivity index (χ2n) is 17.2. The number of Topliss-reactive ketones (excluding diaryl/α,β-unsaturated/α-hetero) is 1. The maximum atomic E-state index is 13.9. The Morgan fingerprint density at radius 3 is 2.34 bits per heavy atom. The maximum absolute atomic E-state index is 13.9. The largest absolute Gasteiger partial charge is 0.389 e. The summed E-state index contributed by atoms with van der Waals surface area (Å²) in [6, 6.07) is 0. The molecule has 0 radical (unpaired) electrons. The van der Waals surface area contributed by atoms with Gasteiger partial charge in [-0.25, -0.2) is 0 Å². The molecular formula is C39H57NO10. The number of aliphatic hydroxyl groups is 1. The van der Waals surface area contributed by atoms with Crippen molar-refractivity contribution in [2.24, 2.45) is 23.5 Å². The van der Waals surface area contributed by atoms with E-state index in [2.05, 4.69) is 27.0 Å². The zero-order chi connectivity index (χ0) is 34.5. The topological polar surface area (TPSA) is 137 Å². The molecule has 11 heteroatoms. The second kappa shape index (κ2) is 13.2. The lowest BCUT2D eigenvalue weighted by atomic mass is 9.78. The first kappa shape index (κ1) is 34.5. The van der Waals surface area contributed by atoms with Gasteiger partial charge in [-0.3, -0.25) is 4.79 Å². The molecule has 50 heavy (non-hydrogen) atoms. The maximum Gasteiger partial charge on any atom is 0.172 e. The third-order valence-corrected chi connectivity index (χ3v) is 13.9. The van der Waals surface area contributed by atoms with Crippen LogP contribution in [0, 0.1) is 17.8 Å². The monoisotopic (exact) mass is 699 g/mol. The van der Waals surface area contributed by atoms with Crippen LogP contribution >= 0.6 is 0 Å². The van der Waals surface area contributed by atoms with Crippen molar-refractivity contribution in [1.29, 1.82) is 0 Å². The van der Waals surface area contributed by atoms with Crippen LogP contribution in [0.3, 0.4) is 0 Å². The van der Waals surface area contributed by atoms with Gasteiger partial charge >= 0.3 is 0 Å². The summed E-state index contributed by atoms with van der Waals surface area (Å²) >= 11 is 0. The summed E-state index contributed by atoms with van der Waals surface area (Å²) in [6.07, 6.45) is 5.24. The summed E-state index contributed by atoms with van der Waals surface area (Å²) < 4.78 is 53.8. The number of carbonyl (C=O) groups excluding carboxylic acids is 1. The molecular weight excluding hydrogens is 642 g/mol. The van der Waals surface area contributed by atoms with Crippen LogP contribution in [-0.2, 0) is 42.7 Å². The molecule has 0 amide bonds. The molecule has 0 aromatic heterocycles. The van der Waals surface area contributed by atoms with Gasteiger partial charge in [0.15, 0.2) is 5.79 Å². The number of fused-ring (bicyclic) bond motifs is 6. The van der Waals surface area contributed by atoms with Crippen LogP contribution in [0.1, 0.15) is 90.9 Å². The van der Waals surface area contributed by atoms with E-state index in [1.165, 1.54) is 0 Å².